The Bertz CT molecular complexity index is 844. The molecule has 33 heavy (non-hydrogen) atoms. The number of carbonyl (C=O) groups excluding carboxylic acids is 3. The zero-order chi connectivity index (χ0) is 24.3. The number of amides is 3. The van der Waals surface area contributed by atoms with Crippen molar-refractivity contribution in [2.24, 2.45) is 0 Å². The molecule has 0 aromatic carbocycles. The van der Waals surface area contributed by atoms with Crippen LogP contribution in [-0.2, 0) is 14.3 Å². The lowest BCUT2D eigenvalue weighted by molar-refractivity contribution is -0.137. The van der Waals surface area contributed by atoms with Crippen molar-refractivity contribution in [3.8, 4) is 0 Å². The number of nitrogens with zero attached hydrogens (tertiary/aromatic N) is 1. The van der Waals surface area contributed by atoms with Crippen molar-refractivity contribution in [1.29, 1.82) is 0 Å². The first-order chi connectivity index (χ1) is 15.4. The van der Waals surface area contributed by atoms with Gasteiger partial charge >= 0.3 is 6.09 Å². The molecule has 0 bridgehead atoms. The maximum Gasteiger partial charge on any atom is 0.408 e. The van der Waals surface area contributed by atoms with Crippen molar-refractivity contribution in [2.75, 3.05) is 5.32 Å². The second-order valence-corrected chi connectivity index (χ2v) is 10.1. The van der Waals surface area contributed by atoms with Crippen LogP contribution in [0.2, 0.25) is 0 Å². The zero-order valence-corrected chi connectivity index (χ0v) is 19.4. The third-order valence-corrected chi connectivity index (χ3v) is 6.22. The first kappa shape index (κ1) is 24.9. The third kappa shape index (κ3) is 6.43. The van der Waals surface area contributed by atoms with E-state index >= 15 is 4.39 Å². The van der Waals surface area contributed by atoms with Gasteiger partial charge in [-0.1, -0.05) is 12.8 Å². The number of alkyl carbamates (subject to hydrolysis) is 1. The molecule has 3 rings (SSSR count). The van der Waals surface area contributed by atoms with Gasteiger partial charge in [0.25, 0.3) is 5.91 Å². The second kappa shape index (κ2) is 9.66. The molecule has 184 valence electrons. The number of aromatic nitrogens is 2. The van der Waals surface area contributed by atoms with Gasteiger partial charge in [0.1, 0.15) is 17.3 Å². The number of alkyl halides is 1. The number of rotatable bonds is 8. The molecule has 5 N–H and O–H groups in total. The van der Waals surface area contributed by atoms with Crippen LogP contribution in [0.3, 0.4) is 0 Å². The van der Waals surface area contributed by atoms with Gasteiger partial charge in [-0.05, 0) is 52.9 Å². The average Bonchev–Trinajstić information content (AvgIpc) is 3.33. The van der Waals surface area contributed by atoms with Gasteiger partial charge < -0.3 is 25.8 Å². The topological polar surface area (TPSA) is 145 Å². The van der Waals surface area contributed by atoms with Gasteiger partial charge in [0.05, 0.1) is 5.54 Å². The van der Waals surface area contributed by atoms with Crippen molar-refractivity contribution in [1.82, 2.24) is 20.8 Å². The summed E-state index contributed by atoms with van der Waals surface area (Å²) in [5.74, 6) is -1.13. The first-order valence-electron chi connectivity index (χ1n) is 11.4. The highest BCUT2D eigenvalue weighted by atomic mass is 19.1. The van der Waals surface area contributed by atoms with E-state index in [4.69, 9.17) is 4.74 Å². The minimum atomic E-state index is -1.57. The SMILES string of the molecule is CC(C)(C)OC(=O)NC(CC1(F)CCCC1)C(=O)NC1(C(O)C(=O)Nc2cc[nH]n2)CCC1. The van der Waals surface area contributed by atoms with Crippen molar-refractivity contribution in [2.45, 2.75) is 101 Å². The molecule has 2 unspecified atom stereocenters. The van der Waals surface area contributed by atoms with E-state index in [1.807, 2.05) is 0 Å². The summed E-state index contributed by atoms with van der Waals surface area (Å²) in [4.78, 5) is 38.1. The molecule has 1 heterocycles. The van der Waals surface area contributed by atoms with Crippen LogP contribution < -0.4 is 16.0 Å². The minimum Gasteiger partial charge on any atom is -0.444 e. The quantitative estimate of drug-likeness (QED) is 0.397. The Kier molecular flexibility index (Phi) is 7.30. The lowest BCUT2D eigenvalue weighted by Crippen LogP contribution is -2.67. The lowest BCUT2D eigenvalue weighted by atomic mass is 9.72. The molecule has 10 nitrogen and oxygen atoms in total. The Morgan fingerprint density at radius 1 is 1.18 bits per heavy atom. The van der Waals surface area contributed by atoms with Gasteiger partial charge in [-0.15, -0.1) is 0 Å². The number of aliphatic hydroxyl groups is 1. The minimum absolute atomic E-state index is 0.205. The average molecular weight is 468 g/mol. The number of anilines is 1. The summed E-state index contributed by atoms with van der Waals surface area (Å²) < 4.78 is 20.5. The number of aromatic amines is 1. The van der Waals surface area contributed by atoms with Crippen LogP contribution in [0.5, 0.6) is 0 Å². The summed E-state index contributed by atoms with van der Waals surface area (Å²) in [6.07, 6.45) is 2.43. The Hall–Kier alpha value is -2.69. The van der Waals surface area contributed by atoms with Crippen molar-refractivity contribution in [3.63, 3.8) is 0 Å². The van der Waals surface area contributed by atoms with Gasteiger partial charge in [0.2, 0.25) is 5.91 Å². The first-order valence-corrected chi connectivity index (χ1v) is 11.4. The molecule has 0 saturated heterocycles. The fourth-order valence-corrected chi connectivity index (χ4v) is 4.37. The molecular weight excluding hydrogens is 433 g/mol. The summed E-state index contributed by atoms with van der Waals surface area (Å²) >= 11 is 0. The molecule has 0 radical (unpaired) electrons. The van der Waals surface area contributed by atoms with E-state index in [0.29, 0.717) is 44.9 Å². The highest BCUT2D eigenvalue weighted by Crippen LogP contribution is 2.39. The third-order valence-electron chi connectivity index (χ3n) is 6.22. The zero-order valence-electron chi connectivity index (χ0n) is 19.4. The van der Waals surface area contributed by atoms with Crippen LogP contribution in [0.25, 0.3) is 0 Å². The van der Waals surface area contributed by atoms with E-state index in [1.165, 1.54) is 12.3 Å². The molecule has 2 aliphatic carbocycles. The Morgan fingerprint density at radius 3 is 2.36 bits per heavy atom. The molecule has 0 aliphatic heterocycles. The van der Waals surface area contributed by atoms with E-state index in [0.717, 1.165) is 0 Å². The molecule has 1 aromatic rings. The van der Waals surface area contributed by atoms with Gasteiger partial charge in [-0.3, -0.25) is 14.7 Å². The van der Waals surface area contributed by atoms with E-state index in [-0.39, 0.29) is 12.2 Å². The Labute approximate surface area is 192 Å². The number of halogens is 1. The molecule has 11 heteroatoms. The highest BCUT2D eigenvalue weighted by molar-refractivity contribution is 5.95. The van der Waals surface area contributed by atoms with Crippen LogP contribution in [0.15, 0.2) is 12.3 Å². The van der Waals surface area contributed by atoms with Gasteiger partial charge in [-0.25, -0.2) is 9.18 Å². The van der Waals surface area contributed by atoms with Crippen LogP contribution >= 0.6 is 0 Å². The van der Waals surface area contributed by atoms with Crippen LogP contribution in [-0.4, -0.2) is 62.2 Å². The predicted molar refractivity (Wildman–Crippen MR) is 118 cm³/mol. The fourth-order valence-electron chi connectivity index (χ4n) is 4.37. The van der Waals surface area contributed by atoms with Crippen molar-refractivity contribution in [3.05, 3.63) is 12.3 Å². The predicted octanol–water partition coefficient (Wildman–Crippen LogP) is 2.31. The number of carbonyl (C=O) groups is 3. The molecular formula is C22H34FN5O5. The summed E-state index contributed by atoms with van der Waals surface area (Å²) in [6.45, 7) is 5.06. The normalized spacial score (nSPS) is 20.8. The summed E-state index contributed by atoms with van der Waals surface area (Å²) in [7, 11) is 0. The number of H-pyrrole nitrogens is 1. The van der Waals surface area contributed by atoms with Crippen molar-refractivity contribution >= 4 is 23.7 Å². The molecule has 3 amide bonds. The summed E-state index contributed by atoms with van der Waals surface area (Å²) in [5.41, 5.74) is -3.56. The second-order valence-electron chi connectivity index (χ2n) is 10.1. The van der Waals surface area contributed by atoms with Gasteiger partial charge in [-0.2, -0.15) is 5.10 Å². The Morgan fingerprint density at radius 2 is 1.85 bits per heavy atom. The van der Waals surface area contributed by atoms with Crippen LogP contribution in [0.1, 0.15) is 72.1 Å². The number of ether oxygens (including phenoxy) is 1. The molecule has 2 saturated carbocycles. The van der Waals surface area contributed by atoms with Gasteiger partial charge in [0.15, 0.2) is 11.9 Å². The van der Waals surface area contributed by atoms with Crippen molar-refractivity contribution < 1.29 is 28.6 Å². The summed E-state index contributed by atoms with van der Waals surface area (Å²) in [6, 6.07) is 0.321. The smallest absolute Gasteiger partial charge is 0.408 e. The number of hydrogen-bond acceptors (Lipinski definition) is 6. The maximum atomic E-state index is 15.2. The van der Waals surface area contributed by atoms with E-state index < -0.39 is 46.9 Å². The number of nitrogens with one attached hydrogen (secondary N) is 4. The molecule has 2 fully saturated rings. The largest absolute Gasteiger partial charge is 0.444 e. The number of aliphatic hydroxyl groups excluding tert-OH is 1. The molecule has 2 aliphatic rings. The molecule has 1 aromatic heterocycles. The highest BCUT2D eigenvalue weighted by Gasteiger charge is 2.50. The van der Waals surface area contributed by atoms with Crippen LogP contribution in [0.4, 0.5) is 15.0 Å². The number of hydrogen-bond donors (Lipinski definition) is 5. The fraction of sp³-hybridized carbons (Fsp3) is 0.727. The van der Waals surface area contributed by atoms with E-state index in [2.05, 4.69) is 26.1 Å². The van der Waals surface area contributed by atoms with Crippen LogP contribution in [0, 0.1) is 0 Å². The maximum absolute atomic E-state index is 15.2. The molecule has 0 spiro atoms. The molecule has 2 atom stereocenters. The standard InChI is InChI=1S/C22H34FN5O5/c1-20(2,3)33-19(32)25-14(13-21(23)8-4-5-9-21)17(30)27-22(10-6-11-22)16(29)18(31)26-15-7-12-24-28-15/h7,12,14,16,29H,4-6,8-11,13H2,1-3H3,(H,25,32)(H,27,30)(H2,24,26,28,31). The van der Waals surface area contributed by atoms with E-state index in [9.17, 15) is 19.5 Å². The Balaban J connectivity index is 1.71. The lowest BCUT2D eigenvalue weighted by Gasteiger charge is -2.45. The summed E-state index contributed by atoms with van der Waals surface area (Å²) in [5, 5.41) is 24.8. The van der Waals surface area contributed by atoms with Gasteiger partial charge in [0, 0.05) is 18.7 Å². The monoisotopic (exact) mass is 467 g/mol. The van der Waals surface area contributed by atoms with E-state index in [1.54, 1.807) is 20.8 Å².